The van der Waals surface area contributed by atoms with Gasteiger partial charge in [0, 0.05) is 66.1 Å². The molecule has 0 radical (unpaired) electrons. The Morgan fingerprint density at radius 3 is 2.05 bits per heavy atom. The Morgan fingerprint density at radius 2 is 1.26 bits per heavy atom. The molecule has 0 aliphatic heterocycles. The number of benzene rings is 6. The number of aromatic hydroxyl groups is 1. The maximum absolute atomic E-state index is 11.1. The van der Waals surface area contributed by atoms with Gasteiger partial charge in [0.25, 0.3) is 0 Å². The van der Waals surface area contributed by atoms with Crippen LogP contribution in [0.1, 0.15) is 52.7 Å². The molecule has 4 aromatic heterocycles. The van der Waals surface area contributed by atoms with Crippen molar-refractivity contribution in [3.05, 3.63) is 181 Å². The van der Waals surface area contributed by atoms with E-state index >= 15 is 0 Å². The Kier molecular flexibility index (Phi) is 10.4. The van der Waals surface area contributed by atoms with Crippen LogP contribution in [0.15, 0.2) is 169 Å². The molecule has 10 rings (SSSR count). The predicted octanol–water partition coefficient (Wildman–Crippen LogP) is 14.8. The summed E-state index contributed by atoms with van der Waals surface area (Å²) in [5.74, 6) is 0.187. The monoisotopic (exact) mass is 987 g/mol. The normalized spacial score (nSPS) is 12.0. The quantitative estimate of drug-likeness (QED) is 0.169. The summed E-state index contributed by atoms with van der Waals surface area (Å²) in [4.78, 5) is 10.2. The SMILES string of the molecule is CC(C)(C)c1cc(-c2cc(-c3[c-]c(-c4ncccc4-c4ccc5c(c4)c4ccccc4n5-c4ccc5occc5c4)ccc3)nc(-c3ccccc3O)c2)cc(C(C)(C)C)c1.[Pt]. The van der Waals surface area contributed by atoms with E-state index < -0.39 is 0 Å². The van der Waals surface area contributed by atoms with Gasteiger partial charge in [0.1, 0.15) is 11.3 Å². The van der Waals surface area contributed by atoms with Crippen molar-refractivity contribution in [3.63, 3.8) is 0 Å². The summed E-state index contributed by atoms with van der Waals surface area (Å²) in [5.41, 5.74) is 15.5. The molecule has 0 unspecified atom stereocenters. The van der Waals surface area contributed by atoms with Crippen LogP contribution in [0.4, 0.5) is 0 Å². The number of aromatic nitrogens is 3. The second kappa shape index (κ2) is 15.7. The van der Waals surface area contributed by atoms with Gasteiger partial charge in [-0.3, -0.25) is 9.97 Å². The summed E-state index contributed by atoms with van der Waals surface area (Å²) in [7, 11) is 0. The first kappa shape index (κ1) is 40.8. The Labute approximate surface area is 377 Å². The molecule has 0 atom stereocenters. The standard InChI is InChI=1S/C56H46N3O2.Pt/c1-55(2,3)41-28-39(29-42(34-41)56(4,5)6)40-32-48(58-49(33-40)46-16-8-10-19-52(46)60)36-13-11-14-38(27-36)54-44(17-12-25-57-54)35-20-22-51-47(31-35)45-15-7-9-18-50(45)59(51)43-21-23-53-37(30-43)24-26-61-53;/h7-26,28-34,60H,1-6H3;/q-1;. The minimum atomic E-state index is -0.0496. The van der Waals surface area contributed by atoms with E-state index in [0.717, 1.165) is 77.8 Å². The number of furan rings is 1. The minimum absolute atomic E-state index is 0. The van der Waals surface area contributed by atoms with Crippen LogP contribution in [-0.4, -0.2) is 19.6 Å². The Bertz CT molecular complexity index is 3270. The largest absolute Gasteiger partial charge is 0.507 e. The zero-order chi connectivity index (χ0) is 42.0. The molecule has 6 heteroatoms. The van der Waals surface area contributed by atoms with Gasteiger partial charge in [-0.25, -0.2) is 0 Å². The first-order valence-corrected chi connectivity index (χ1v) is 20.9. The van der Waals surface area contributed by atoms with Crippen molar-refractivity contribution in [2.24, 2.45) is 0 Å². The number of phenols is 1. The van der Waals surface area contributed by atoms with Crippen molar-refractivity contribution in [2.75, 3.05) is 0 Å². The van der Waals surface area contributed by atoms with Crippen molar-refractivity contribution in [2.45, 2.75) is 52.4 Å². The van der Waals surface area contributed by atoms with Gasteiger partial charge in [-0.15, -0.1) is 24.3 Å². The van der Waals surface area contributed by atoms with Crippen molar-refractivity contribution < 1.29 is 30.6 Å². The zero-order valence-corrected chi connectivity index (χ0v) is 37.9. The summed E-state index contributed by atoms with van der Waals surface area (Å²) in [6.45, 7) is 13.6. The van der Waals surface area contributed by atoms with Crippen molar-refractivity contribution >= 4 is 32.8 Å². The molecule has 0 saturated heterocycles. The summed E-state index contributed by atoms with van der Waals surface area (Å²) in [6.07, 6.45) is 3.59. The maximum Gasteiger partial charge on any atom is 0.133 e. The number of nitrogens with zero attached hydrogens (tertiary/aromatic N) is 3. The third-order valence-electron chi connectivity index (χ3n) is 11.8. The van der Waals surface area contributed by atoms with Crippen LogP contribution < -0.4 is 0 Å². The number of rotatable bonds is 6. The fourth-order valence-corrected chi connectivity index (χ4v) is 8.44. The van der Waals surface area contributed by atoms with Gasteiger partial charge < -0.3 is 14.1 Å². The van der Waals surface area contributed by atoms with Gasteiger partial charge in [0.2, 0.25) is 0 Å². The van der Waals surface area contributed by atoms with Crippen molar-refractivity contribution in [3.8, 4) is 67.5 Å². The molecule has 0 aliphatic rings. The molecule has 1 N–H and O–H groups in total. The average Bonchev–Trinajstić information content (AvgIpc) is 3.88. The van der Waals surface area contributed by atoms with Crippen molar-refractivity contribution in [1.29, 1.82) is 0 Å². The minimum Gasteiger partial charge on any atom is -0.507 e. The third-order valence-corrected chi connectivity index (χ3v) is 11.8. The van der Waals surface area contributed by atoms with Gasteiger partial charge in [-0.05, 0) is 111 Å². The molecule has 4 heterocycles. The molecule has 62 heavy (non-hydrogen) atoms. The van der Waals surface area contributed by atoms with E-state index in [4.69, 9.17) is 14.4 Å². The number of phenolic OH excluding ortho intramolecular Hbond substituents is 1. The van der Waals surface area contributed by atoms with E-state index in [1.165, 1.54) is 16.5 Å². The van der Waals surface area contributed by atoms with Crippen molar-refractivity contribution in [1.82, 2.24) is 14.5 Å². The fourth-order valence-electron chi connectivity index (χ4n) is 8.44. The number of para-hydroxylation sites is 2. The predicted molar refractivity (Wildman–Crippen MR) is 251 cm³/mol. The molecule has 0 bridgehead atoms. The van der Waals surface area contributed by atoms with Crippen LogP contribution in [0.3, 0.4) is 0 Å². The Hall–Kier alpha value is -6.55. The van der Waals surface area contributed by atoms with Crippen LogP contribution in [-0.2, 0) is 31.9 Å². The molecule has 0 saturated carbocycles. The summed E-state index contributed by atoms with van der Waals surface area (Å²) >= 11 is 0. The smallest absolute Gasteiger partial charge is 0.133 e. The van der Waals surface area contributed by atoms with Crippen LogP contribution in [0, 0.1) is 6.07 Å². The van der Waals surface area contributed by atoms with E-state index in [1.807, 2.05) is 42.6 Å². The van der Waals surface area contributed by atoms with Gasteiger partial charge in [0.05, 0.1) is 23.0 Å². The third kappa shape index (κ3) is 7.45. The van der Waals surface area contributed by atoms with Gasteiger partial charge in [-0.2, -0.15) is 0 Å². The van der Waals surface area contributed by atoms with E-state index in [0.29, 0.717) is 11.3 Å². The first-order chi connectivity index (χ1) is 29.4. The molecule has 0 spiro atoms. The van der Waals surface area contributed by atoms with Gasteiger partial charge in [-0.1, -0.05) is 119 Å². The molecule has 10 aromatic rings. The van der Waals surface area contributed by atoms with E-state index in [1.54, 1.807) is 12.3 Å². The average molecular weight is 988 g/mol. The summed E-state index contributed by atoms with van der Waals surface area (Å²) in [5, 5.41) is 14.5. The zero-order valence-electron chi connectivity index (χ0n) is 35.6. The van der Waals surface area contributed by atoms with Gasteiger partial charge in [0.15, 0.2) is 0 Å². The number of pyridine rings is 2. The maximum atomic E-state index is 11.1. The van der Waals surface area contributed by atoms with Crippen LogP contribution in [0.5, 0.6) is 5.75 Å². The van der Waals surface area contributed by atoms with E-state index in [2.05, 4.69) is 161 Å². The van der Waals surface area contributed by atoms with E-state index in [-0.39, 0.29) is 37.6 Å². The first-order valence-electron chi connectivity index (χ1n) is 20.9. The number of fused-ring (bicyclic) bond motifs is 4. The molecular formula is C56H46N3O2Pt-. The fraction of sp³-hybridized carbons (Fsp3) is 0.143. The summed E-state index contributed by atoms with van der Waals surface area (Å²) in [6, 6.07) is 56.3. The van der Waals surface area contributed by atoms with Crippen LogP contribution in [0.25, 0.3) is 94.5 Å². The Balaban J connectivity index is 0.00000490. The number of hydrogen-bond donors (Lipinski definition) is 1. The summed E-state index contributed by atoms with van der Waals surface area (Å²) < 4.78 is 7.99. The van der Waals surface area contributed by atoms with Crippen LogP contribution >= 0.6 is 0 Å². The molecule has 5 nitrogen and oxygen atoms in total. The van der Waals surface area contributed by atoms with E-state index in [9.17, 15) is 5.11 Å². The Morgan fingerprint density at radius 1 is 0.565 bits per heavy atom. The molecule has 0 fully saturated rings. The molecule has 6 aromatic carbocycles. The molecule has 0 aliphatic carbocycles. The van der Waals surface area contributed by atoms with Gasteiger partial charge >= 0.3 is 0 Å². The van der Waals surface area contributed by atoms with Crippen LogP contribution in [0.2, 0.25) is 0 Å². The number of hydrogen-bond acceptors (Lipinski definition) is 4. The molecular weight excluding hydrogens is 942 g/mol. The second-order valence-electron chi connectivity index (χ2n) is 18.0. The molecule has 308 valence electrons. The topological polar surface area (TPSA) is 64.1 Å². The second-order valence-corrected chi connectivity index (χ2v) is 18.0. The molecule has 0 amide bonds.